The Labute approximate surface area is 266 Å². The first-order chi connectivity index (χ1) is 20.0. The van der Waals surface area contributed by atoms with E-state index < -0.39 is 28.5 Å². The van der Waals surface area contributed by atoms with Crippen molar-refractivity contribution in [3.8, 4) is 0 Å². The van der Waals surface area contributed by atoms with E-state index >= 15 is 0 Å². The number of amides is 2. The average molecular weight is 696 g/mol. The summed E-state index contributed by atoms with van der Waals surface area (Å²) in [5.74, 6) is -0.798. The molecule has 0 saturated heterocycles. The van der Waals surface area contributed by atoms with Gasteiger partial charge in [-0.3, -0.25) is 13.9 Å². The maximum absolute atomic E-state index is 14.2. The molecule has 2 amide bonds. The van der Waals surface area contributed by atoms with E-state index in [1.807, 2.05) is 30.3 Å². The normalized spacial score (nSPS) is 14.7. The summed E-state index contributed by atoms with van der Waals surface area (Å²) in [6.45, 7) is -0.469. The summed E-state index contributed by atoms with van der Waals surface area (Å²) in [7, 11) is -3.87. The molecular formula is C31H34BrCl2N3O4S. The number of hydrogen-bond donors (Lipinski definition) is 1. The topological polar surface area (TPSA) is 86.8 Å². The van der Waals surface area contributed by atoms with Crippen molar-refractivity contribution in [2.24, 2.45) is 0 Å². The Bertz CT molecular complexity index is 1500. The minimum atomic E-state index is -3.87. The maximum atomic E-state index is 14.2. The Balaban J connectivity index is 1.74. The van der Waals surface area contributed by atoms with Gasteiger partial charge in [-0.1, -0.05) is 91.0 Å². The molecule has 1 N–H and O–H groups in total. The molecule has 4 rings (SSSR count). The van der Waals surface area contributed by atoms with E-state index in [0.717, 1.165) is 48.2 Å². The molecule has 42 heavy (non-hydrogen) atoms. The first kappa shape index (κ1) is 32.3. The molecule has 0 bridgehead atoms. The number of benzene rings is 3. The van der Waals surface area contributed by atoms with Crippen LogP contribution in [0.2, 0.25) is 10.0 Å². The van der Waals surface area contributed by atoms with Crippen LogP contribution in [0.15, 0.2) is 77.3 Å². The van der Waals surface area contributed by atoms with Crippen LogP contribution in [0.1, 0.15) is 43.2 Å². The fraction of sp³-hybridized carbons (Fsp3) is 0.355. The van der Waals surface area contributed by atoms with E-state index in [4.69, 9.17) is 23.2 Å². The van der Waals surface area contributed by atoms with Crippen LogP contribution in [-0.4, -0.2) is 50.0 Å². The molecule has 1 aliphatic carbocycles. The minimum Gasteiger partial charge on any atom is -0.352 e. The van der Waals surface area contributed by atoms with E-state index in [9.17, 15) is 18.0 Å². The van der Waals surface area contributed by atoms with Gasteiger partial charge in [-0.25, -0.2) is 8.42 Å². The second kappa shape index (κ2) is 14.7. The molecule has 1 aliphatic rings. The number of hydrogen-bond acceptors (Lipinski definition) is 4. The number of carbonyl (C=O) groups is 2. The lowest BCUT2D eigenvalue weighted by Crippen LogP contribution is -2.55. The van der Waals surface area contributed by atoms with Crippen molar-refractivity contribution in [3.05, 3.63) is 98.4 Å². The summed E-state index contributed by atoms with van der Waals surface area (Å²) in [5, 5.41) is 3.87. The lowest BCUT2D eigenvalue weighted by molar-refractivity contribution is -0.140. The van der Waals surface area contributed by atoms with Crippen molar-refractivity contribution < 1.29 is 18.0 Å². The van der Waals surface area contributed by atoms with Gasteiger partial charge in [0.25, 0.3) is 0 Å². The number of halogens is 3. The van der Waals surface area contributed by atoms with Gasteiger partial charge in [0.2, 0.25) is 21.8 Å². The fourth-order valence-corrected chi connectivity index (χ4v) is 6.98. The molecule has 3 aromatic carbocycles. The smallest absolute Gasteiger partial charge is 0.244 e. The Morgan fingerprint density at radius 2 is 1.60 bits per heavy atom. The monoisotopic (exact) mass is 693 g/mol. The molecule has 1 fully saturated rings. The van der Waals surface area contributed by atoms with Crippen LogP contribution in [0.3, 0.4) is 0 Å². The molecule has 1 saturated carbocycles. The zero-order valence-corrected chi connectivity index (χ0v) is 27.2. The third-order valence-corrected chi connectivity index (χ3v) is 9.90. The highest BCUT2D eigenvalue weighted by atomic mass is 79.9. The molecule has 3 aromatic rings. The number of anilines is 1. The molecule has 1 atom stereocenters. The van der Waals surface area contributed by atoms with Crippen LogP contribution in [0.5, 0.6) is 0 Å². The van der Waals surface area contributed by atoms with E-state index in [1.165, 1.54) is 4.90 Å². The zero-order valence-electron chi connectivity index (χ0n) is 23.3. The molecule has 11 heteroatoms. The van der Waals surface area contributed by atoms with Crippen molar-refractivity contribution in [1.82, 2.24) is 10.2 Å². The van der Waals surface area contributed by atoms with E-state index in [1.54, 1.807) is 42.5 Å². The van der Waals surface area contributed by atoms with Crippen LogP contribution in [0.25, 0.3) is 0 Å². The predicted octanol–water partition coefficient (Wildman–Crippen LogP) is 6.61. The molecular weight excluding hydrogens is 661 g/mol. The largest absolute Gasteiger partial charge is 0.352 e. The highest BCUT2D eigenvalue weighted by Crippen LogP contribution is 2.29. The fourth-order valence-electron chi connectivity index (χ4n) is 5.18. The first-order valence-corrected chi connectivity index (χ1v) is 17.2. The van der Waals surface area contributed by atoms with Gasteiger partial charge < -0.3 is 10.2 Å². The number of nitrogens with one attached hydrogen (secondary N) is 1. The van der Waals surface area contributed by atoms with E-state index in [0.29, 0.717) is 25.8 Å². The van der Waals surface area contributed by atoms with Crippen LogP contribution in [0, 0.1) is 0 Å². The number of carbonyl (C=O) groups excluding carboxylic acids is 2. The molecule has 0 unspecified atom stereocenters. The van der Waals surface area contributed by atoms with Gasteiger partial charge in [0, 0.05) is 23.5 Å². The molecule has 0 heterocycles. The highest BCUT2D eigenvalue weighted by Gasteiger charge is 2.34. The Morgan fingerprint density at radius 3 is 2.24 bits per heavy atom. The number of nitrogens with zero attached hydrogens (tertiary/aromatic N) is 2. The number of para-hydroxylation sites is 1. The second-order valence-electron chi connectivity index (χ2n) is 10.5. The minimum absolute atomic E-state index is 0.0267. The predicted molar refractivity (Wildman–Crippen MR) is 172 cm³/mol. The zero-order chi connectivity index (χ0) is 30.3. The maximum Gasteiger partial charge on any atom is 0.244 e. The SMILES string of the molecule is CS(=O)(=O)N(CC(=O)N(Cc1ccc(Cl)c(Cl)c1)[C@H](Cc1ccccc1)C(=O)NC1CCCCC1)c1ccccc1Br. The summed E-state index contributed by atoms with van der Waals surface area (Å²) in [4.78, 5) is 29.7. The van der Waals surface area contributed by atoms with Crippen LogP contribution in [-0.2, 0) is 32.6 Å². The molecule has 224 valence electrons. The van der Waals surface area contributed by atoms with Crippen molar-refractivity contribution in [3.63, 3.8) is 0 Å². The van der Waals surface area contributed by atoms with Gasteiger partial charge in [0.1, 0.15) is 12.6 Å². The van der Waals surface area contributed by atoms with Gasteiger partial charge in [0.15, 0.2) is 0 Å². The third-order valence-electron chi connectivity index (χ3n) is 7.36. The third kappa shape index (κ3) is 8.72. The number of sulfonamides is 1. The summed E-state index contributed by atoms with van der Waals surface area (Å²) in [6, 6.07) is 20.4. The molecule has 7 nitrogen and oxygen atoms in total. The van der Waals surface area contributed by atoms with Crippen molar-refractivity contribution in [2.45, 2.75) is 57.2 Å². The molecule has 0 aromatic heterocycles. The lowest BCUT2D eigenvalue weighted by atomic mass is 9.94. The Morgan fingerprint density at radius 1 is 0.929 bits per heavy atom. The van der Waals surface area contributed by atoms with Gasteiger partial charge in [-0.15, -0.1) is 0 Å². The standard InChI is InChI=1S/C31H34BrCl2N3O4S/c1-42(40,41)37(28-15-9-8-14-25(28)32)21-30(38)36(20-23-16-17-26(33)27(34)18-23)29(19-22-10-4-2-5-11-22)31(39)35-24-12-6-3-7-13-24/h2,4-5,8-11,14-18,24,29H,3,6-7,12-13,19-21H2,1H3,(H,35,39)/t29-/m1/s1. The van der Waals surface area contributed by atoms with Crippen molar-refractivity contribution in [2.75, 3.05) is 17.1 Å². The Kier molecular flexibility index (Phi) is 11.3. The van der Waals surface area contributed by atoms with Gasteiger partial charge >= 0.3 is 0 Å². The van der Waals surface area contributed by atoms with Crippen LogP contribution >= 0.6 is 39.1 Å². The summed E-state index contributed by atoms with van der Waals surface area (Å²) in [5.41, 5.74) is 1.86. The van der Waals surface area contributed by atoms with Crippen molar-refractivity contribution >= 4 is 66.7 Å². The highest BCUT2D eigenvalue weighted by molar-refractivity contribution is 9.10. The summed E-state index contributed by atoms with van der Waals surface area (Å²) >= 11 is 15.9. The van der Waals surface area contributed by atoms with Gasteiger partial charge in [-0.05, 0) is 64.2 Å². The second-order valence-corrected chi connectivity index (χ2v) is 14.1. The van der Waals surface area contributed by atoms with Crippen LogP contribution < -0.4 is 9.62 Å². The van der Waals surface area contributed by atoms with Gasteiger partial charge in [-0.2, -0.15) is 0 Å². The summed E-state index contributed by atoms with van der Waals surface area (Å²) < 4.78 is 27.5. The Hall–Kier alpha value is -2.59. The molecule has 0 radical (unpaired) electrons. The van der Waals surface area contributed by atoms with E-state index in [-0.39, 0.29) is 24.9 Å². The number of rotatable bonds is 11. The van der Waals surface area contributed by atoms with Gasteiger partial charge in [0.05, 0.1) is 22.0 Å². The first-order valence-electron chi connectivity index (χ1n) is 13.8. The molecule has 0 aliphatic heterocycles. The van der Waals surface area contributed by atoms with Crippen molar-refractivity contribution in [1.29, 1.82) is 0 Å². The average Bonchev–Trinajstić information content (AvgIpc) is 2.96. The van der Waals surface area contributed by atoms with E-state index in [2.05, 4.69) is 21.2 Å². The lowest BCUT2D eigenvalue weighted by Gasteiger charge is -2.35. The molecule has 0 spiro atoms. The summed E-state index contributed by atoms with van der Waals surface area (Å²) in [6.07, 6.45) is 6.28. The quantitative estimate of drug-likeness (QED) is 0.245. The van der Waals surface area contributed by atoms with Crippen LogP contribution in [0.4, 0.5) is 5.69 Å².